The molecule has 2 aliphatic rings. The number of hydrogen-bond donors (Lipinski definition) is 2. The van der Waals surface area contributed by atoms with E-state index in [0.717, 1.165) is 11.8 Å². The highest BCUT2D eigenvalue weighted by atomic mass is 19.4. The van der Waals surface area contributed by atoms with Gasteiger partial charge in [0.1, 0.15) is 11.6 Å². The van der Waals surface area contributed by atoms with Crippen molar-refractivity contribution in [1.29, 1.82) is 0 Å². The largest absolute Gasteiger partial charge is 0.393 e. The third-order valence-corrected chi connectivity index (χ3v) is 6.37. The highest BCUT2D eigenvalue weighted by Crippen LogP contribution is 2.37. The topological polar surface area (TPSA) is 73.4 Å². The Morgan fingerprint density at radius 3 is 2.72 bits per heavy atom. The van der Waals surface area contributed by atoms with Crippen molar-refractivity contribution in [2.75, 3.05) is 46.6 Å². The normalized spacial score (nSPS) is 17.8. The van der Waals surface area contributed by atoms with Gasteiger partial charge in [-0.05, 0) is 49.2 Å². The highest BCUT2D eigenvalue weighted by molar-refractivity contribution is 6.02. The fraction of sp³-hybridized carbons (Fsp3) is 0.320. The quantitative estimate of drug-likeness (QED) is 0.463. The molecule has 1 atom stereocenters. The van der Waals surface area contributed by atoms with Crippen molar-refractivity contribution in [1.82, 2.24) is 9.97 Å². The number of carbonyl (C=O) groups is 1. The molecule has 188 valence electrons. The zero-order chi connectivity index (χ0) is 25.3. The predicted octanol–water partition coefficient (Wildman–Crippen LogP) is 5.53. The van der Waals surface area contributed by atoms with Gasteiger partial charge in [-0.15, -0.1) is 0 Å². The summed E-state index contributed by atoms with van der Waals surface area (Å²) in [5, 5.41) is 5.94. The lowest BCUT2D eigenvalue weighted by Crippen LogP contribution is -2.36. The maximum atomic E-state index is 13.2. The minimum Gasteiger partial charge on any atom is -0.382 e. The molecule has 5 rings (SSSR count). The van der Waals surface area contributed by atoms with Gasteiger partial charge >= 0.3 is 12.2 Å². The van der Waals surface area contributed by atoms with Crippen molar-refractivity contribution < 1.29 is 22.4 Å². The summed E-state index contributed by atoms with van der Waals surface area (Å²) in [5.74, 6) is -1.20. The molecule has 0 radical (unpaired) electrons. The van der Waals surface area contributed by atoms with Crippen LogP contribution in [0, 0.1) is 11.7 Å². The average Bonchev–Trinajstić information content (AvgIpc) is 3.28. The Morgan fingerprint density at radius 1 is 1.11 bits per heavy atom. The zero-order valence-electron chi connectivity index (χ0n) is 19.2. The van der Waals surface area contributed by atoms with Crippen LogP contribution >= 0.6 is 0 Å². The van der Waals surface area contributed by atoms with Gasteiger partial charge in [-0.1, -0.05) is 12.1 Å². The predicted molar refractivity (Wildman–Crippen MR) is 130 cm³/mol. The number of anilines is 4. The van der Waals surface area contributed by atoms with Crippen LogP contribution in [0.25, 0.3) is 11.3 Å². The maximum Gasteiger partial charge on any atom is 0.393 e. The number of hydrogen-bond acceptors (Lipinski definition) is 5. The molecule has 0 saturated carbocycles. The van der Waals surface area contributed by atoms with Crippen LogP contribution in [0.2, 0.25) is 0 Å². The fourth-order valence-electron chi connectivity index (χ4n) is 4.47. The van der Waals surface area contributed by atoms with Crippen molar-refractivity contribution in [3.05, 3.63) is 60.5 Å². The second-order valence-electron chi connectivity index (χ2n) is 8.81. The summed E-state index contributed by atoms with van der Waals surface area (Å²) in [6, 6.07) is 13.0. The van der Waals surface area contributed by atoms with Gasteiger partial charge in [0, 0.05) is 37.4 Å². The molecule has 36 heavy (non-hydrogen) atoms. The van der Waals surface area contributed by atoms with Gasteiger partial charge in [-0.25, -0.2) is 19.2 Å². The van der Waals surface area contributed by atoms with E-state index in [4.69, 9.17) is 4.98 Å². The Labute approximate surface area is 205 Å². The Morgan fingerprint density at radius 2 is 1.97 bits per heavy atom. The summed E-state index contributed by atoms with van der Waals surface area (Å²) in [4.78, 5) is 24.9. The molecule has 0 spiro atoms. The third kappa shape index (κ3) is 5.05. The molecule has 0 bridgehead atoms. The van der Waals surface area contributed by atoms with E-state index in [2.05, 4.69) is 15.6 Å². The van der Waals surface area contributed by atoms with Gasteiger partial charge in [0.25, 0.3) is 0 Å². The first-order valence-corrected chi connectivity index (χ1v) is 11.6. The van der Waals surface area contributed by atoms with Gasteiger partial charge in [0.2, 0.25) is 0 Å². The van der Waals surface area contributed by atoms with Gasteiger partial charge in [-0.3, -0.25) is 10.2 Å². The van der Waals surface area contributed by atoms with Gasteiger partial charge in [0.05, 0.1) is 23.5 Å². The van der Waals surface area contributed by atoms with E-state index in [0.29, 0.717) is 48.9 Å². The third-order valence-electron chi connectivity index (χ3n) is 6.37. The molecule has 0 aliphatic carbocycles. The molecule has 7 nitrogen and oxygen atoms in total. The first-order chi connectivity index (χ1) is 17.3. The standard InChI is InChI=1S/C25H24F4N6O/c26-18-5-8-22(31-14-18)33-24(36)35-11-2-10-30-21-7-6-20(32-23(21)35)16-3-1-4-19(13-16)34-12-9-17(15-34)25(27,28)29/h1,3-8,13-14,17,30H,2,9-12,15H2,(H,31,33,36). The summed E-state index contributed by atoms with van der Waals surface area (Å²) in [7, 11) is 0. The molecule has 4 heterocycles. The fourth-order valence-corrected chi connectivity index (χ4v) is 4.47. The van der Waals surface area contributed by atoms with Gasteiger partial charge in [-0.2, -0.15) is 13.2 Å². The van der Waals surface area contributed by atoms with E-state index >= 15 is 0 Å². The smallest absolute Gasteiger partial charge is 0.382 e. The Balaban J connectivity index is 1.41. The van der Waals surface area contributed by atoms with Crippen molar-refractivity contribution in [3.63, 3.8) is 0 Å². The number of benzene rings is 1. The summed E-state index contributed by atoms with van der Waals surface area (Å²) >= 11 is 0. The van der Waals surface area contributed by atoms with Crippen LogP contribution in [-0.4, -0.2) is 48.4 Å². The maximum absolute atomic E-state index is 13.2. The lowest BCUT2D eigenvalue weighted by atomic mass is 10.1. The average molecular weight is 501 g/mol. The second kappa shape index (κ2) is 9.63. The molecule has 1 unspecified atom stereocenters. The van der Waals surface area contributed by atoms with Crippen LogP contribution in [0.4, 0.5) is 45.4 Å². The lowest BCUT2D eigenvalue weighted by Gasteiger charge is -2.23. The number of nitrogens with one attached hydrogen (secondary N) is 2. The highest BCUT2D eigenvalue weighted by Gasteiger charge is 2.43. The van der Waals surface area contributed by atoms with Crippen molar-refractivity contribution in [2.24, 2.45) is 5.92 Å². The van der Waals surface area contributed by atoms with Crippen molar-refractivity contribution in [3.8, 4) is 11.3 Å². The van der Waals surface area contributed by atoms with E-state index in [1.165, 1.54) is 17.0 Å². The summed E-state index contributed by atoms with van der Waals surface area (Å²) < 4.78 is 52.6. The van der Waals surface area contributed by atoms with E-state index < -0.39 is 23.9 Å². The van der Waals surface area contributed by atoms with Crippen molar-refractivity contribution >= 4 is 29.0 Å². The number of fused-ring (bicyclic) bond motifs is 1. The Bertz CT molecular complexity index is 1250. The Kier molecular flexibility index (Phi) is 6.38. The van der Waals surface area contributed by atoms with Gasteiger partial charge in [0.15, 0.2) is 5.82 Å². The van der Waals surface area contributed by atoms with Crippen LogP contribution in [-0.2, 0) is 0 Å². The number of pyridine rings is 2. The molecule has 1 fully saturated rings. The zero-order valence-corrected chi connectivity index (χ0v) is 19.2. The van der Waals surface area contributed by atoms with Crippen LogP contribution in [0.3, 0.4) is 0 Å². The van der Waals surface area contributed by atoms with Crippen LogP contribution in [0.15, 0.2) is 54.7 Å². The molecule has 2 N–H and O–H groups in total. The van der Waals surface area contributed by atoms with Crippen molar-refractivity contribution in [2.45, 2.75) is 19.0 Å². The number of rotatable bonds is 3. The number of aromatic nitrogens is 2. The number of carbonyl (C=O) groups excluding carboxylic acids is 1. The summed E-state index contributed by atoms with van der Waals surface area (Å²) in [6.45, 7) is 1.31. The molecule has 2 amide bonds. The number of nitrogens with zero attached hydrogens (tertiary/aromatic N) is 4. The molecular formula is C25H24F4N6O. The van der Waals surface area contributed by atoms with Crippen LogP contribution in [0.1, 0.15) is 12.8 Å². The second-order valence-corrected chi connectivity index (χ2v) is 8.81. The molecule has 1 aromatic carbocycles. The number of halogens is 4. The minimum absolute atomic E-state index is 0.0696. The minimum atomic E-state index is -4.20. The summed E-state index contributed by atoms with van der Waals surface area (Å²) in [6.07, 6.45) is -2.43. The van der Waals surface area contributed by atoms with Crippen LogP contribution in [0.5, 0.6) is 0 Å². The number of urea groups is 1. The number of alkyl halides is 3. The molecule has 2 aliphatic heterocycles. The lowest BCUT2D eigenvalue weighted by molar-refractivity contribution is -0.168. The molecular weight excluding hydrogens is 476 g/mol. The number of amides is 2. The SMILES string of the molecule is O=C(Nc1ccc(F)cn1)N1CCCNc2ccc(-c3cccc(N4CCC(C(F)(F)F)C4)c3)nc21. The van der Waals surface area contributed by atoms with E-state index in [9.17, 15) is 22.4 Å². The molecule has 3 aromatic rings. The van der Waals surface area contributed by atoms with E-state index in [1.54, 1.807) is 17.0 Å². The molecule has 2 aromatic heterocycles. The van der Waals surface area contributed by atoms with E-state index in [-0.39, 0.29) is 18.8 Å². The molecule has 11 heteroatoms. The first-order valence-electron chi connectivity index (χ1n) is 11.6. The van der Waals surface area contributed by atoms with Gasteiger partial charge < -0.3 is 10.2 Å². The monoisotopic (exact) mass is 500 g/mol. The summed E-state index contributed by atoms with van der Waals surface area (Å²) in [5.41, 5.74) is 2.70. The Hall–Kier alpha value is -3.89. The first kappa shape index (κ1) is 23.8. The van der Waals surface area contributed by atoms with Crippen LogP contribution < -0.4 is 20.4 Å². The molecule has 1 saturated heterocycles. The van der Waals surface area contributed by atoms with E-state index in [1.807, 2.05) is 24.3 Å².